The number of carbonyl (C=O) groups is 1. The van der Waals surface area contributed by atoms with Crippen molar-refractivity contribution in [1.82, 2.24) is 20.0 Å². The number of rotatable bonds is 4. The lowest BCUT2D eigenvalue weighted by Gasteiger charge is -2.38. The molecule has 4 rings (SSSR count). The lowest BCUT2D eigenvalue weighted by Crippen LogP contribution is -2.47. The molecular weight excluding hydrogens is 320 g/mol. The Hall–Kier alpha value is -2.44. The van der Waals surface area contributed by atoms with Crippen LogP contribution in [-0.2, 0) is 5.41 Å². The van der Waals surface area contributed by atoms with Gasteiger partial charge in [0.05, 0.1) is 18.1 Å². The zero-order valence-corrected chi connectivity index (χ0v) is 14.6. The summed E-state index contributed by atoms with van der Waals surface area (Å²) < 4.78 is 10.6. The van der Waals surface area contributed by atoms with Crippen molar-refractivity contribution in [2.24, 2.45) is 0 Å². The fourth-order valence-corrected chi connectivity index (χ4v) is 3.38. The van der Waals surface area contributed by atoms with E-state index >= 15 is 0 Å². The summed E-state index contributed by atoms with van der Waals surface area (Å²) in [5.74, 6) is 2.41. The van der Waals surface area contributed by atoms with Gasteiger partial charge in [-0.15, -0.1) is 0 Å². The van der Waals surface area contributed by atoms with Gasteiger partial charge in [0.15, 0.2) is 5.82 Å². The summed E-state index contributed by atoms with van der Waals surface area (Å²) in [6.45, 7) is 3.40. The third kappa shape index (κ3) is 3.10. The predicted octanol–water partition coefficient (Wildman–Crippen LogP) is 2.54. The average molecular weight is 342 g/mol. The number of aromatic nitrogens is 3. The summed E-state index contributed by atoms with van der Waals surface area (Å²) in [5.41, 5.74) is 0.266. The molecule has 1 atom stereocenters. The smallest absolute Gasteiger partial charge is 0.255 e. The van der Waals surface area contributed by atoms with Crippen molar-refractivity contribution in [2.45, 2.75) is 43.9 Å². The molecule has 1 aliphatic heterocycles. The molecule has 1 amide bonds. The van der Waals surface area contributed by atoms with E-state index in [4.69, 9.17) is 9.26 Å². The number of nitrogens with zero attached hydrogens (tertiary/aromatic N) is 4. The molecule has 1 saturated carbocycles. The van der Waals surface area contributed by atoms with Crippen LogP contribution in [0.4, 0.5) is 0 Å². The Morgan fingerprint density at radius 1 is 1.40 bits per heavy atom. The van der Waals surface area contributed by atoms with E-state index in [0.29, 0.717) is 29.8 Å². The van der Waals surface area contributed by atoms with Gasteiger partial charge in [-0.25, -0.2) is 4.98 Å². The SMILES string of the molecule is COc1ccc(C(=O)N2CCC[C@@](C)(c3nc(C4CC4)no3)C2)cn1. The van der Waals surface area contributed by atoms with Crippen LogP contribution in [0.5, 0.6) is 5.88 Å². The van der Waals surface area contributed by atoms with Crippen molar-refractivity contribution in [3.63, 3.8) is 0 Å². The van der Waals surface area contributed by atoms with Gasteiger partial charge in [-0.2, -0.15) is 4.98 Å². The van der Waals surface area contributed by atoms with E-state index in [0.717, 1.165) is 38.1 Å². The number of pyridine rings is 1. The van der Waals surface area contributed by atoms with Crippen molar-refractivity contribution in [3.05, 3.63) is 35.6 Å². The second kappa shape index (κ2) is 6.13. The van der Waals surface area contributed by atoms with Gasteiger partial charge < -0.3 is 14.2 Å². The van der Waals surface area contributed by atoms with E-state index < -0.39 is 0 Å². The highest BCUT2D eigenvalue weighted by molar-refractivity contribution is 5.94. The largest absolute Gasteiger partial charge is 0.481 e. The Bertz CT molecular complexity index is 769. The molecule has 2 aliphatic rings. The number of piperidine rings is 1. The average Bonchev–Trinajstić information content (AvgIpc) is 3.37. The molecule has 25 heavy (non-hydrogen) atoms. The number of ether oxygens (including phenoxy) is 1. The number of hydrogen-bond donors (Lipinski definition) is 0. The molecule has 0 N–H and O–H groups in total. The van der Waals surface area contributed by atoms with Crippen LogP contribution in [-0.4, -0.2) is 46.1 Å². The minimum atomic E-state index is -0.298. The maximum atomic E-state index is 12.8. The summed E-state index contributed by atoms with van der Waals surface area (Å²) in [7, 11) is 1.56. The van der Waals surface area contributed by atoms with Crippen molar-refractivity contribution in [1.29, 1.82) is 0 Å². The first-order valence-corrected chi connectivity index (χ1v) is 8.72. The number of methoxy groups -OCH3 is 1. The highest BCUT2D eigenvalue weighted by Crippen LogP contribution is 2.40. The highest BCUT2D eigenvalue weighted by atomic mass is 16.5. The van der Waals surface area contributed by atoms with Crippen LogP contribution in [0.3, 0.4) is 0 Å². The van der Waals surface area contributed by atoms with Gasteiger partial charge in [-0.3, -0.25) is 4.79 Å². The van der Waals surface area contributed by atoms with Gasteiger partial charge in [0, 0.05) is 31.3 Å². The molecule has 1 saturated heterocycles. The number of hydrogen-bond acceptors (Lipinski definition) is 6. The molecular formula is C18H22N4O3. The van der Waals surface area contributed by atoms with Crippen LogP contribution in [0.1, 0.15) is 60.6 Å². The molecule has 0 radical (unpaired) electrons. The van der Waals surface area contributed by atoms with E-state index in [2.05, 4.69) is 22.0 Å². The van der Waals surface area contributed by atoms with E-state index in [-0.39, 0.29) is 11.3 Å². The fraction of sp³-hybridized carbons (Fsp3) is 0.556. The Kier molecular flexibility index (Phi) is 3.94. The normalized spacial score (nSPS) is 23.5. The van der Waals surface area contributed by atoms with E-state index in [9.17, 15) is 4.79 Å². The lowest BCUT2D eigenvalue weighted by molar-refractivity contribution is 0.0619. The van der Waals surface area contributed by atoms with E-state index in [1.807, 2.05) is 4.90 Å². The molecule has 2 aromatic heterocycles. The quantitative estimate of drug-likeness (QED) is 0.849. The molecule has 2 aromatic rings. The maximum Gasteiger partial charge on any atom is 0.255 e. The van der Waals surface area contributed by atoms with Gasteiger partial charge >= 0.3 is 0 Å². The number of carbonyl (C=O) groups excluding carboxylic acids is 1. The zero-order valence-electron chi connectivity index (χ0n) is 14.6. The van der Waals surface area contributed by atoms with Crippen LogP contribution >= 0.6 is 0 Å². The highest BCUT2D eigenvalue weighted by Gasteiger charge is 2.40. The van der Waals surface area contributed by atoms with Crippen LogP contribution in [0.2, 0.25) is 0 Å². The summed E-state index contributed by atoms with van der Waals surface area (Å²) in [5, 5.41) is 4.13. The molecule has 1 aliphatic carbocycles. The molecule has 0 unspecified atom stereocenters. The van der Waals surface area contributed by atoms with Crippen molar-refractivity contribution >= 4 is 5.91 Å². The fourth-order valence-electron chi connectivity index (χ4n) is 3.38. The van der Waals surface area contributed by atoms with Gasteiger partial charge in [0.1, 0.15) is 0 Å². The molecule has 7 heteroatoms. The summed E-state index contributed by atoms with van der Waals surface area (Å²) in [6.07, 6.45) is 5.69. The summed E-state index contributed by atoms with van der Waals surface area (Å²) in [6, 6.07) is 3.45. The molecule has 132 valence electrons. The molecule has 0 aromatic carbocycles. The van der Waals surface area contributed by atoms with Crippen molar-refractivity contribution in [2.75, 3.05) is 20.2 Å². The van der Waals surface area contributed by atoms with Gasteiger partial charge in [-0.1, -0.05) is 5.16 Å². The molecule has 0 bridgehead atoms. The first kappa shape index (κ1) is 16.1. The summed E-state index contributed by atoms with van der Waals surface area (Å²) >= 11 is 0. The van der Waals surface area contributed by atoms with E-state index in [1.165, 1.54) is 0 Å². The van der Waals surface area contributed by atoms with Crippen LogP contribution in [0.25, 0.3) is 0 Å². The summed E-state index contributed by atoms with van der Waals surface area (Å²) in [4.78, 5) is 23.4. The topological polar surface area (TPSA) is 81.4 Å². The van der Waals surface area contributed by atoms with Crippen LogP contribution in [0, 0.1) is 0 Å². The van der Waals surface area contributed by atoms with E-state index in [1.54, 1.807) is 25.4 Å². The molecule has 2 fully saturated rings. The second-order valence-electron chi connectivity index (χ2n) is 7.21. The van der Waals surface area contributed by atoms with Gasteiger partial charge in [-0.05, 0) is 38.7 Å². The minimum Gasteiger partial charge on any atom is -0.481 e. The molecule has 0 spiro atoms. The first-order chi connectivity index (χ1) is 12.1. The predicted molar refractivity (Wildman–Crippen MR) is 89.6 cm³/mol. The van der Waals surface area contributed by atoms with Crippen molar-refractivity contribution < 1.29 is 14.1 Å². The first-order valence-electron chi connectivity index (χ1n) is 8.72. The van der Waals surface area contributed by atoms with Crippen LogP contribution in [0.15, 0.2) is 22.9 Å². The zero-order chi connectivity index (χ0) is 17.4. The Morgan fingerprint density at radius 2 is 2.24 bits per heavy atom. The molecule has 3 heterocycles. The van der Waals surface area contributed by atoms with Gasteiger partial charge in [0.25, 0.3) is 5.91 Å². The monoisotopic (exact) mass is 342 g/mol. The second-order valence-corrected chi connectivity index (χ2v) is 7.21. The van der Waals surface area contributed by atoms with Crippen molar-refractivity contribution in [3.8, 4) is 5.88 Å². The van der Waals surface area contributed by atoms with Crippen LogP contribution < -0.4 is 4.74 Å². The van der Waals surface area contributed by atoms with Gasteiger partial charge in [0.2, 0.25) is 11.8 Å². The Morgan fingerprint density at radius 3 is 2.92 bits per heavy atom. The Labute approximate surface area is 146 Å². The third-order valence-electron chi connectivity index (χ3n) is 5.08. The maximum absolute atomic E-state index is 12.8. The minimum absolute atomic E-state index is 0.0250. The number of likely N-dealkylation sites (tertiary alicyclic amines) is 1. The Balaban J connectivity index is 1.51. The third-order valence-corrected chi connectivity index (χ3v) is 5.08. The molecule has 7 nitrogen and oxygen atoms in total. The standard InChI is InChI=1S/C18H22N4O3/c1-18(17-20-15(21-25-17)12-4-5-12)8-3-9-22(11-18)16(23)13-6-7-14(24-2)19-10-13/h6-7,10,12H,3-5,8-9,11H2,1-2H3/t18-/m1/s1. The lowest BCUT2D eigenvalue weighted by atomic mass is 9.81. The number of amides is 1.